The molecule has 0 radical (unpaired) electrons. The third-order valence-electron chi connectivity index (χ3n) is 3.93. The summed E-state index contributed by atoms with van der Waals surface area (Å²) in [7, 11) is 0. The average molecular weight is 287 g/mol. The molecular formula is C20H33N. The molecule has 1 aromatic carbocycles. The van der Waals surface area contributed by atoms with Gasteiger partial charge in [-0.05, 0) is 43.4 Å². The minimum absolute atomic E-state index is 1.10. The number of aliphatic imine (C=N–C) groups is 1. The van der Waals surface area contributed by atoms with E-state index in [9.17, 15) is 0 Å². The zero-order valence-electron chi connectivity index (χ0n) is 14.1. The Morgan fingerprint density at radius 2 is 1.38 bits per heavy atom. The first-order chi connectivity index (χ1) is 10.4. The fraction of sp³-hybridized carbons (Fsp3) is 0.650. The number of nitrogens with zero attached hydrogens (tertiary/aromatic N) is 1. The minimum Gasteiger partial charge on any atom is -0.261 e. The lowest BCUT2D eigenvalue weighted by Crippen LogP contribution is -1.85. The SMILES string of the molecule is CCCCCCC/C=N\c1ccc(CCCCCC)cc1. The van der Waals surface area contributed by atoms with Gasteiger partial charge in [-0.2, -0.15) is 0 Å². The van der Waals surface area contributed by atoms with Gasteiger partial charge in [0.25, 0.3) is 0 Å². The van der Waals surface area contributed by atoms with Crippen molar-refractivity contribution in [1.82, 2.24) is 0 Å². The molecule has 0 amide bonds. The lowest BCUT2D eigenvalue weighted by Gasteiger charge is -2.02. The van der Waals surface area contributed by atoms with Crippen LogP contribution in [0.25, 0.3) is 0 Å². The van der Waals surface area contributed by atoms with Crippen molar-refractivity contribution < 1.29 is 0 Å². The fourth-order valence-corrected chi connectivity index (χ4v) is 2.51. The third-order valence-corrected chi connectivity index (χ3v) is 3.93. The Balaban J connectivity index is 2.18. The zero-order chi connectivity index (χ0) is 15.2. The van der Waals surface area contributed by atoms with Crippen molar-refractivity contribution >= 4 is 11.9 Å². The molecule has 0 aliphatic carbocycles. The standard InChI is InChI=1S/C20H33N/c1-3-5-7-9-10-12-18-21-20-16-14-19(15-17-20)13-11-8-6-4-2/h14-18H,3-13H2,1-2H3/b21-18-. The van der Waals surface area contributed by atoms with E-state index < -0.39 is 0 Å². The molecule has 0 aliphatic rings. The van der Waals surface area contributed by atoms with Gasteiger partial charge in [-0.1, -0.05) is 70.9 Å². The van der Waals surface area contributed by atoms with E-state index in [1.54, 1.807) is 0 Å². The van der Waals surface area contributed by atoms with E-state index in [0.29, 0.717) is 0 Å². The predicted molar refractivity (Wildman–Crippen MR) is 95.8 cm³/mol. The van der Waals surface area contributed by atoms with Gasteiger partial charge < -0.3 is 0 Å². The van der Waals surface area contributed by atoms with Gasteiger partial charge in [0.2, 0.25) is 0 Å². The van der Waals surface area contributed by atoms with Crippen LogP contribution in [0.15, 0.2) is 29.3 Å². The van der Waals surface area contributed by atoms with Crippen LogP contribution in [0.3, 0.4) is 0 Å². The molecule has 0 atom stereocenters. The molecule has 21 heavy (non-hydrogen) atoms. The molecule has 0 N–H and O–H groups in total. The second kappa shape index (κ2) is 12.6. The van der Waals surface area contributed by atoms with Crippen molar-refractivity contribution in [2.45, 2.75) is 84.5 Å². The summed E-state index contributed by atoms with van der Waals surface area (Å²) in [5.74, 6) is 0. The highest BCUT2D eigenvalue weighted by Gasteiger charge is 1.94. The largest absolute Gasteiger partial charge is 0.261 e. The average Bonchev–Trinajstić information content (AvgIpc) is 2.52. The maximum absolute atomic E-state index is 4.55. The fourth-order valence-electron chi connectivity index (χ4n) is 2.51. The Morgan fingerprint density at radius 3 is 2.05 bits per heavy atom. The number of hydrogen-bond acceptors (Lipinski definition) is 1. The maximum Gasteiger partial charge on any atom is 0.0625 e. The molecule has 118 valence electrons. The van der Waals surface area contributed by atoms with E-state index in [1.165, 1.54) is 69.8 Å². The summed E-state index contributed by atoms with van der Waals surface area (Å²) in [5, 5.41) is 0. The van der Waals surface area contributed by atoms with E-state index >= 15 is 0 Å². The number of unbranched alkanes of at least 4 members (excludes halogenated alkanes) is 8. The molecule has 1 nitrogen and oxygen atoms in total. The number of hydrogen-bond donors (Lipinski definition) is 0. The molecule has 0 unspecified atom stereocenters. The normalized spacial score (nSPS) is 11.3. The van der Waals surface area contributed by atoms with Gasteiger partial charge in [0.05, 0.1) is 5.69 Å². The van der Waals surface area contributed by atoms with Crippen LogP contribution in [0.5, 0.6) is 0 Å². The first-order valence-electron chi connectivity index (χ1n) is 8.98. The van der Waals surface area contributed by atoms with E-state index in [1.807, 2.05) is 0 Å². The van der Waals surface area contributed by atoms with Crippen molar-refractivity contribution in [2.75, 3.05) is 0 Å². The molecule has 1 heteroatoms. The summed E-state index contributed by atoms with van der Waals surface area (Å²) < 4.78 is 0. The van der Waals surface area contributed by atoms with Crippen LogP contribution in [0.1, 0.15) is 83.6 Å². The van der Waals surface area contributed by atoms with E-state index in [-0.39, 0.29) is 0 Å². The molecule has 0 fully saturated rings. The molecule has 0 spiro atoms. The number of rotatable bonds is 12. The van der Waals surface area contributed by atoms with Crippen molar-refractivity contribution in [2.24, 2.45) is 4.99 Å². The van der Waals surface area contributed by atoms with Gasteiger partial charge in [-0.25, -0.2) is 0 Å². The number of aryl methyl sites for hydroxylation is 1. The highest BCUT2D eigenvalue weighted by Crippen LogP contribution is 2.15. The van der Waals surface area contributed by atoms with E-state index in [4.69, 9.17) is 0 Å². The van der Waals surface area contributed by atoms with Gasteiger partial charge in [-0.3, -0.25) is 4.99 Å². The summed E-state index contributed by atoms with van der Waals surface area (Å²) in [6, 6.07) is 8.78. The van der Waals surface area contributed by atoms with Crippen LogP contribution >= 0.6 is 0 Å². The molecule has 0 heterocycles. The van der Waals surface area contributed by atoms with Gasteiger partial charge in [0.1, 0.15) is 0 Å². The maximum atomic E-state index is 4.55. The molecule has 1 rings (SSSR count). The highest BCUT2D eigenvalue weighted by atomic mass is 14.7. The smallest absolute Gasteiger partial charge is 0.0625 e. The minimum atomic E-state index is 1.10. The second-order valence-corrected chi connectivity index (χ2v) is 5.99. The van der Waals surface area contributed by atoms with E-state index in [2.05, 4.69) is 49.3 Å². The Morgan fingerprint density at radius 1 is 0.762 bits per heavy atom. The summed E-state index contributed by atoms with van der Waals surface area (Å²) in [6.07, 6.45) is 16.4. The van der Waals surface area contributed by atoms with Gasteiger partial charge in [-0.15, -0.1) is 0 Å². The molecule has 1 aromatic rings. The molecule has 0 saturated heterocycles. The van der Waals surface area contributed by atoms with Crippen LogP contribution in [0, 0.1) is 0 Å². The molecular weight excluding hydrogens is 254 g/mol. The zero-order valence-corrected chi connectivity index (χ0v) is 14.1. The van der Waals surface area contributed by atoms with Gasteiger partial charge >= 0.3 is 0 Å². The van der Waals surface area contributed by atoms with Crippen LogP contribution in [0.4, 0.5) is 5.69 Å². The summed E-state index contributed by atoms with van der Waals surface area (Å²) in [5.41, 5.74) is 2.55. The summed E-state index contributed by atoms with van der Waals surface area (Å²) >= 11 is 0. The molecule has 0 aromatic heterocycles. The third kappa shape index (κ3) is 9.44. The molecule has 0 aliphatic heterocycles. The van der Waals surface area contributed by atoms with Crippen LogP contribution in [-0.2, 0) is 6.42 Å². The van der Waals surface area contributed by atoms with E-state index in [0.717, 1.165) is 12.1 Å². The van der Waals surface area contributed by atoms with Crippen molar-refractivity contribution in [3.05, 3.63) is 29.8 Å². The summed E-state index contributed by atoms with van der Waals surface area (Å²) in [4.78, 5) is 4.55. The van der Waals surface area contributed by atoms with Crippen molar-refractivity contribution in [3.63, 3.8) is 0 Å². The topological polar surface area (TPSA) is 12.4 Å². The lowest BCUT2D eigenvalue weighted by molar-refractivity contribution is 0.645. The van der Waals surface area contributed by atoms with Crippen molar-refractivity contribution in [3.8, 4) is 0 Å². The Labute approximate surface area is 131 Å². The Kier molecular flexibility index (Phi) is 10.8. The van der Waals surface area contributed by atoms with Crippen LogP contribution in [-0.4, -0.2) is 6.21 Å². The first-order valence-corrected chi connectivity index (χ1v) is 8.98. The lowest BCUT2D eigenvalue weighted by atomic mass is 10.1. The van der Waals surface area contributed by atoms with Crippen LogP contribution < -0.4 is 0 Å². The molecule has 0 saturated carbocycles. The quantitative estimate of drug-likeness (QED) is 0.294. The van der Waals surface area contributed by atoms with Gasteiger partial charge in [0, 0.05) is 6.21 Å². The summed E-state index contributed by atoms with van der Waals surface area (Å²) in [6.45, 7) is 4.52. The highest BCUT2D eigenvalue weighted by molar-refractivity contribution is 5.63. The Bertz CT molecular complexity index is 364. The first kappa shape index (κ1) is 17.9. The second-order valence-electron chi connectivity index (χ2n) is 5.99. The molecule has 0 bridgehead atoms. The Hall–Kier alpha value is -1.11. The van der Waals surface area contributed by atoms with Crippen LogP contribution in [0.2, 0.25) is 0 Å². The van der Waals surface area contributed by atoms with Gasteiger partial charge in [0.15, 0.2) is 0 Å². The number of benzene rings is 1. The monoisotopic (exact) mass is 287 g/mol. The predicted octanol–water partition coefficient (Wildman–Crippen LogP) is 6.87. The van der Waals surface area contributed by atoms with Crippen molar-refractivity contribution in [1.29, 1.82) is 0 Å².